The van der Waals surface area contributed by atoms with Crippen LogP contribution in [0.3, 0.4) is 0 Å². The number of pyridine rings is 2. The average molecular weight is 304 g/mol. The topological polar surface area (TPSA) is 70.1 Å². The van der Waals surface area contributed by atoms with Crippen molar-refractivity contribution in [3.05, 3.63) is 57.7 Å². The van der Waals surface area contributed by atoms with Gasteiger partial charge in [0.2, 0.25) is 0 Å². The number of nitrogens with zero attached hydrogens (tertiary/aromatic N) is 2. The van der Waals surface area contributed by atoms with E-state index in [0.29, 0.717) is 17.1 Å². The zero-order valence-electron chi connectivity index (χ0n) is 11.6. The highest BCUT2D eigenvalue weighted by molar-refractivity contribution is 6.30. The molecule has 3 heterocycles. The number of hydrogen-bond donors (Lipinski definition) is 1. The van der Waals surface area contributed by atoms with Crippen molar-refractivity contribution < 1.29 is 4.74 Å². The molecule has 0 unspecified atom stereocenters. The molecule has 5 nitrogen and oxygen atoms in total. The second-order valence-electron chi connectivity index (χ2n) is 5.40. The number of hydrogen-bond acceptors (Lipinski definition) is 4. The average Bonchev–Trinajstić information content (AvgIpc) is 2.41. The minimum absolute atomic E-state index is 0.0794. The number of rotatable bonds is 1. The number of aromatic nitrogens is 2. The van der Waals surface area contributed by atoms with Crippen molar-refractivity contribution in [3.8, 4) is 5.75 Å². The molecule has 0 fully saturated rings. The molecular formula is C15H14ClN3O2. The summed E-state index contributed by atoms with van der Waals surface area (Å²) in [5.74, 6) is 0.616. The van der Waals surface area contributed by atoms with Crippen LogP contribution in [0.15, 0.2) is 41.6 Å². The lowest BCUT2D eigenvalue weighted by Crippen LogP contribution is -2.32. The van der Waals surface area contributed by atoms with Gasteiger partial charge in [-0.2, -0.15) is 0 Å². The van der Waals surface area contributed by atoms with Gasteiger partial charge in [-0.15, -0.1) is 0 Å². The summed E-state index contributed by atoms with van der Waals surface area (Å²) in [6.07, 6.45) is 6.70. The van der Waals surface area contributed by atoms with E-state index in [9.17, 15) is 4.79 Å². The summed E-state index contributed by atoms with van der Waals surface area (Å²) >= 11 is 5.95. The van der Waals surface area contributed by atoms with Crippen molar-refractivity contribution in [2.24, 2.45) is 0 Å². The number of halogens is 1. The number of anilines is 1. The summed E-state index contributed by atoms with van der Waals surface area (Å²) < 4.78 is 7.30. The second kappa shape index (κ2) is 4.63. The monoisotopic (exact) mass is 303 g/mol. The number of nitrogen functional groups attached to an aromatic ring is 1. The summed E-state index contributed by atoms with van der Waals surface area (Å²) in [7, 11) is 0. The van der Waals surface area contributed by atoms with Crippen molar-refractivity contribution in [1.29, 1.82) is 0 Å². The van der Waals surface area contributed by atoms with Crippen LogP contribution in [0, 0.1) is 0 Å². The third-order valence-electron chi connectivity index (χ3n) is 3.17. The van der Waals surface area contributed by atoms with Gasteiger partial charge in [-0.05, 0) is 32.1 Å². The van der Waals surface area contributed by atoms with Crippen LogP contribution in [0.2, 0.25) is 5.02 Å². The van der Waals surface area contributed by atoms with Gasteiger partial charge >= 0.3 is 0 Å². The van der Waals surface area contributed by atoms with Crippen LogP contribution in [0.1, 0.15) is 19.4 Å². The molecule has 0 saturated carbocycles. The van der Waals surface area contributed by atoms with Crippen molar-refractivity contribution in [2.45, 2.75) is 19.4 Å². The molecule has 0 saturated heterocycles. The van der Waals surface area contributed by atoms with E-state index < -0.39 is 5.60 Å². The molecule has 21 heavy (non-hydrogen) atoms. The van der Waals surface area contributed by atoms with Gasteiger partial charge in [-0.1, -0.05) is 11.6 Å². The zero-order chi connectivity index (χ0) is 15.2. The highest BCUT2D eigenvalue weighted by atomic mass is 35.5. The molecule has 2 aromatic rings. The Morgan fingerprint density at radius 1 is 1.43 bits per heavy atom. The summed E-state index contributed by atoms with van der Waals surface area (Å²) in [6.45, 7) is 3.81. The van der Waals surface area contributed by atoms with E-state index in [2.05, 4.69) is 4.98 Å². The Bertz CT molecular complexity index is 809. The molecule has 1 aliphatic rings. The normalized spacial score (nSPS) is 15.9. The van der Waals surface area contributed by atoms with E-state index in [1.165, 1.54) is 10.6 Å². The molecule has 6 heteroatoms. The van der Waals surface area contributed by atoms with Crippen LogP contribution < -0.4 is 16.0 Å². The van der Waals surface area contributed by atoms with Crippen molar-refractivity contribution in [3.63, 3.8) is 0 Å². The fourth-order valence-electron chi connectivity index (χ4n) is 2.34. The Kier molecular flexibility index (Phi) is 3.02. The van der Waals surface area contributed by atoms with Gasteiger partial charge in [0.05, 0.1) is 17.6 Å². The van der Waals surface area contributed by atoms with E-state index >= 15 is 0 Å². The van der Waals surface area contributed by atoms with Crippen LogP contribution >= 0.6 is 11.6 Å². The lowest BCUT2D eigenvalue weighted by Gasteiger charge is -2.31. The quantitative estimate of drug-likeness (QED) is 0.879. The van der Waals surface area contributed by atoms with Gasteiger partial charge < -0.3 is 10.5 Å². The van der Waals surface area contributed by atoms with E-state index in [4.69, 9.17) is 22.1 Å². The first-order valence-corrected chi connectivity index (χ1v) is 6.79. The molecule has 0 radical (unpaired) electrons. The molecule has 2 aromatic heterocycles. The van der Waals surface area contributed by atoms with Crippen LogP contribution in [0.5, 0.6) is 5.75 Å². The molecule has 0 spiro atoms. The number of ether oxygens (including phenoxy) is 1. The maximum atomic E-state index is 12.3. The van der Waals surface area contributed by atoms with Crippen LogP contribution in [0.25, 0.3) is 5.70 Å². The molecular weight excluding hydrogens is 290 g/mol. The fourth-order valence-corrected chi connectivity index (χ4v) is 2.56. The summed E-state index contributed by atoms with van der Waals surface area (Å²) in [6, 6.07) is 3.23. The van der Waals surface area contributed by atoms with Gasteiger partial charge in [-0.25, -0.2) is 0 Å². The number of nitrogens with two attached hydrogens (primary N) is 1. The predicted octanol–water partition coefficient (Wildman–Crippen LogP) is 2.54. The Balaban J connectivity index is 2.30. The van der Waals surface area contributed by atoms with E-state index in [0.717, 1.165) is 5.56 Å². The Morgan fingerprint density at radius 2 is 2.19 bits per heavy atom. The van der Waals surface area contributed by atoms with Gasteiger partial charge in [0.1, 0.15) is 16.4 Å². The van der Waals surface area contributed by atoms with E-state index in [1.807, 2.05) is 19.9 Å². The molecule has 0 amide bonds. The molecule has 2 N–H and O–H groups in total. The maximum Gasteiger partial charge on any atom is 0.273 e. The van der Waals surface area contributed by atoms with Gasteiger partial charge in [0.25, 0.3) is 5.56 Å². The Hall–Kier alpha value is -2.27. The van der Waals surface area contributed by atoms with Crippen LogP contribution in [-0.2, 0) is 0 Å². The van der Waals surface area contributed by atoms with Gasteiger partial charge in [0.15, 0.2) is 0 Å². The van der Waals surface area contributed by atoms with E-state index in [-0.39, 0.29) is 10.6 Å². The summed E-state index contributed by atoms with van der Waals surface area (Å²) in [5.41, 5.74) is 6.79. The van der Waals surface area contributed by atoms with Crippen molar-refractivity contribution in [2.75, 3.05) is 5.73 Å². The minimum atomic E-state index is -0.568. The van der Waals surface area contributed by atoms with Crippen molar-refractivity contribution >= 4 is 23.0 Å². The third-order valence-corrected chi connectivity index (χ3v) is 3.44. The smallest absolute Gasteiger partial charge is 0.273 e. The highest BCUT2D eigenvalue weighted by Crippen LogP contribution is 2.35. The summed E-state index contributed by atoms with van der Waals surface area (Å²) in [5, 5.41) is 0.0794. The Labute approximate surface area is 126 Å². The third kappa shape index (κ3) is 2.40. The SMILES string of the molecule is CC1(C)C=C(n2cc(N)cc(Cl)c2=O)c2ccncc2O1. The summed E-state index contributed by atoms with van der Waals surface area (Å²) in [4.78, 5) is 16.4. The largest absolute Gasteiger partial charge is 0.481 e. The minimum Gasteiger partial charge on any atom is -0.481 e. The van der Waals surface area contributed by atoms with Crippen LogP contribution in [-0.4, -0.2) is 15.2 Å². The molecule has 108 valence electrons. The predicted molar refractivity (Wildman–Crippen MR) is 82.4 cm³/mol. The molecule has 1 aliphatic heterocycles. The fraction of sp³-hybridized carbons (Fsp3) is 0.200. The maximum absolute atomic E-state index is 12.3. The standard InChI is InChI=1S/C15H14ClN3O2/c1-15(2)6-12(10-3-4-18-7-13(10)21-15)19-8-9(17)5-11(16)14(19)20/h3-8H,17H2,1-2H3. The first-order chi connectivity index (χ1) is 9.87. The molecule has 0 aliphatic carbocycles. The molecule has 0 atom stereocenters. The van der Waals surface area contributed by atoms with E-state index in [1.54, 1.807) is 24.7 Å². The zero-order valence-corrected chi connectivity index (χ0v) is 12.4. The number of fused-ring (bicyclic) bond motifs is 1. The molecule has 3 rings (SSSR count). The first kappa shape index (κ1) is 13.7. The van der Waals surface area contributed by atoms with Gasteiger partial charge in [0, 0.05) is 18.0 Å². The van der Waals surface area contributed by atoms with Crippen LogP contribution in [0.4, 0.5) is 5.69 Å². The highest BCUT2D eigenvalue weighted by Gasteiger charge is 2.28. The van der Waals surface area contributed by atoms with Gasteiger partial charge in [-0.3, -0.25) is 14.3 Å². The molecule has 0 bridgehead atoms. The lowest BCUT2D eigenvalue weighted by atomic mass is 10.00. The molecule has 0 aromatic carbocycles. The Morgan fingerprint density at radius 3 is 2.95 bits per heavy atom. The van der Waals surface area contributed by atoms with Crippen molar-refractivity contribution in [1.82, 2.24) is 9.55 Å². The lowest BCUT2D eigenvalue weighted by molar-refractivity contribution is 0.156. The second-order valence-corrected chi connectivity index (χ2v) is 5.81. The first-order valence-electron chi connectivity index (χ1n) is 6.42.